The molecule has 1 fully saturated rings. The van der Waals surface area contributed by atoms with Gasteiger partial charge in [0.15, 0.2) is 0 Å². The molecule has 1 amide bonds. The molecule has 0 bridgehead atoms. The van der Waals surface area contributed by atoms with Gasteiger partial charge in [0, 0.05) is 43.5 Å². The first-order valence-electron chi connectivity index (χ1n) is 6.47. The van der Waals surface area contributed by atoms with Gasteiger partial charge in [-0.2, -0.15) is 0 Å². The molecular weight excluding hydrogens is 228 g/mol. The average molecular weight is 250 g/mol. The molecule has 0 spiro atoms. The van der Waals surface area contributed by atoms with Crippen LogP contribution in [0.1, 0.15) is 26.5 Å². The zero-order valence-electron chi connectivity index (χ0n) is 11.4. The molecule has 2 rings (SSSR count). The van der Waals surface area contributed by atoms with Gasteiger partial charge in [-0.25, -0.2) is 4.98 Å². The fourth-order valence-electron chi connectivity index (χ4n) is 2.23. The second kappa shape index (κ2) is 5.10. The van der Waals surface area contributed by atoms with Gasteiger partial charge < -0.3 is 14.8 Å². The Morgan fingerprint density at radius 1 is 1.39 bits per heavy atom. The maximum Gasteiger partial charge on any atom is 0.242 e. The van der Waals surface area contributed by atoms with E-state index in [4.69, 9.17) is 0 Å². The van der Waals surface area contributed by atoms with Crippen molar-refractivity contribution in [3.8, 4) is 0 Å². The lowest BCUT2D eigenvalue weighted by molar-refractivity contribution is -0.132. The third kappa shape index (κ3) is 2.90. The highest BCUT2D eigenvalue weighted by atomic mass is 16.2. The Bertz CT molecular complexity index is 413. The molecule has 1 aromatic heterocycles. The third-order valence-electron chi connectivity index (χ3n) is 3.26. The van der Waals surface area contributed by atoms with Crippen LogP contribution in [0, 0.1) is 0 Å². The van der Waals surface area contributed by atoms with Crippen LogP contribution in [0.2, 0.25) is 0 Å². The van der Waals surface area contributed by atoms with Crippen molar-refractivity contribution in [1.29, 1.82) is 0 Å². The van der Waals surface area contributed by atoms with Crippen molar-refractivity contribution in [3.63, 3.8) is 0 Å². The quantitative estimate of drug-likeness (QED) is 0.837. The fraction of sp³-hybridized carbons (Fsp3) is 0.692. The first-order valence-corrected chi connectivity index (χ1v) is 6.47. The Morgan fingerprint density at radius 2 is 2.06 bits per heavy atom. The zero-order valence-corrected chi connectivity index (χ0v) is 11.4. The Morgan fingerprint density at radius 3 is 2.67 bits per heavy atom. The maximum atomic E-state index is 12.2. The number of nitrogens with one attached hydrogen (secondary N) is 1. The molecule has 5 nitrogen and oxygen atoms in total. The van der Waals surface area contributed by atoms with Gasteiger partial charge in [-0.1, -0.05) is 20.8 Å². The minimum Gasteiger partial charge on any atom is -0.339 e. The van der Waals surface area contributed by atoms with E-state index in [0.29, 0.717) is 6.54 Å². The largest absolute Gasteiger partial charge is 0.339 e. The molecule has 1 aliphatic heterocycles. The van der Waals surface area contributed by atoms with E-state index in [1.165, 1.54) is 0 Å². The number of nitrogens with zero attached hydrogens (tertiary/aromatic N) is 3. The van der Waals surface area contributed by atoms with Gasteiger partial charge in [-0.15, -0.1) is 0 Å². The lowest BCUT2D eigenvalue weighted by Crippen LogP contribution is -2.47. The fourth-order valence-corrected chi connectivity index (χ4v) is 2.23. The van der Waals surface area contributed by atoms with Crippen LogP contribution in [0.15, 0.2) is 12.5 Å². The molecule has 1 saturated heterocycles. The molecule has 100 valence electrons. The van der Waals surface area contributed by atoms with Crippen LogP contribution in [0.25, 0.3) is 0 Å². The molecule has 1 aromatic rings. The standard InChI is InChI=1S/C13H22N4O/c1-13(2,3)11-8-15-10-17(11)9-12(18)16-6-4-14-5-7-16/h8,10,14H,4-7,9H2,1-3H3. The number of carbonyl (C=O) groups excluding carboxylic acids is 1. The topological polar surface area (TPSA) is 50.2 Å². The van der Waals surface area contributed by atoms with E-state index < -0.39 is 0 Å². The summed E-state index contributed by atoms with van der Waals surface area (Å²) in [4.78, 5) is 18.3. The van der Waals surface area contributed by atoms with Gasteiger partial charge >= 0.3 is 0 Å². The first-order chi connectivity index (χ1) is 8.48. The van der Waals surface area contributed by atoms with Gasteiger partial charge in [0.1, 0.15) is 6.54 Å². The molecule has 18 heavy (non-hydrogen) atoms. The van der Waals surface area contributed by atoms with Crippen molar-refractivity contribution in [2.45, 2.75) is 32.7 Å². The molecule has 5 heteroatoms. The number of hydrogen-bond acceptors (Lipinski definition) is 3. The molecule has 0 aromatic carbocycles. The van der Waals surface area contributed by atoms with Gasteiger partial charge in [0.2, 0.25) is 5.91 Å². The lowest BCUT2D eigenvalue weighted by Gasteiger charge is -2.28. The van der Waals surface area contributed by atoms with Crippen LogP contribution in [0.3, 0.4) is 0 Å². The summed E-state index contributed by atoms with van der Waals surface area (Å²) in [5.41, 5.74) is 1.12. The number of amides is 1. The minimum absolute atomic E-state index is 0.0141. The summed E-state index contributed by atoms with van der Waals surface area (Å²) in [6.07, 6.45) is 3.60. The number of hydrogen-bond donors (Lipinski definition) is 1. The highest BCUT2D eigenvalue weighted by Crippen LogP contribution is 2.21. The van der Waals surface area contributed by atoms with Crippen molar-refractivity contribution in [2.24, 2.45) is 0 Å². The SMILES string of the molecule is CC(C)(C)c1cncn1CC(=O)N1CCNCC1. The van der Waals surface area contributed by atoms with Gasteiger partial charge in [0.05, 0.1) is 6.33 Å². The predicted molar refractivity (Wildman–Crippen MR) is 70.4 cm³/mol. The average Bonchev–Trinajstić information content (AvgIpc) is 2.78. The molecule has 2 heterocycles. The van der Waals surface area contributed by atoms with E-state index in [0.717, 1.165) is 31.9 Å². The molecule has 0 unspecified atom stereocenters. The normalized spacial score (nSPS) is 16.9. The lowest BCUT2D eigenvalue weighted by atomic mass is 9.92. The molecular formula is C13H22N4O. The van der Waals surface area contributed by atoms with Crippen LogP contribution >= 0.6 is 0 Å². The number of carbonyl (C=O) groups is 1. The zero-order chi connectivity index (χ0) is 13.2. The van der Waals surface area contributed by atoms with Crippen LogP contribution < -0.4 is 5.32 Å². The predicted octanol–water partition coefficient (Wildman–Crippen LogP) is 0.612. The molecule has 0 radical (unpaired) electrons. The summed E-state index contributed by atoms with van der Waals surface area (Å²) < 4.78 is 1.96. The van der Waals surface area contributed by atoms with Crippen molar-refractivity contribution < 1.29 is 4.79 Å². The van der Waals surface area contributed by atoms with E-state index >= 15 is 0 Å². The summed E-state index contributed by atoms with van der Waals surface area (Å²) in [6.45, 7) is 10.2. The maximum absolute atomic E-state index is 12.2. The monoisotopic (exact) mass is 250 g/mol. The summed E-state index contributed by atoms with van der Waals surface area (Å²) in [7, 11) is 0. The Hall–Kier alpha value is -1.36. The molecule has 0 atom stereocenters. The van der Waals surface area contributed by atoms with Crippen LogP contribution in [0.5, 0.6) is 0 Å². The number of imidazole rings is 1. The van der Waals surface area contributed by atoms with Crippen LogP contribution in [0.4, 0.5) is 0 Å². The van der Waals surface area contributed by atoms with Crippen molar-refractivity contribution >= 4 is 5.91 Å². The third-order valence-corrected chi connectivity index (χ3v) is 3.26. The second-order valence-corrected chi connectivity index (χ2v) is 5.79. The van der Waals surface area contributed by atoms with E-state index in [1.54, 1.807) is 6.33 Å². The summed E-state index contributed by atoms with van der Waals surface area (Å²) >= 11 is 0. The smallest absolute Gasteiger partial charge is 0.242 e. The van der Waals surface area contributed by atoms with Crippen molar-refractivity contribution in [2.75, 3.05) is 26.2 Å². The van der Waals surface area contributed by atoms with Gasteiger partial charge in [0.25, 0.3) is 0 Å². The summed E-state index contributed by atoms with van der Waals surface area (Å²) in [5, 5.41) is 3.25. The first kappa shape index (κ1) is 13.1. The van der Waals surface area contributed by atoms with E-state index in [9.17, 15) is 4.79 Å². The Kier molecular flexibility index (Phi) is 3.71. The molecule has 1 N–H and O–H groups in total. The van der Waals surface area contributed by atoms with E-state index in [-0.39, 0.29) is 11.3 Å². The summed E-state index contributed by atoms with van der Waals surface area (Å²) in [5.74, 6) is 0.181. The molecule has 0 saturated carbocycles. The van der Waals surface area contributed by atoms with E-state index in [1.807, 2.05) is 15.7 Å². The summed E-state index contributed by atoms with van der Waals surface area (Å²) in [6, 6.07) is 0. The van der Waals surface area contributed by atoms with Crippen LogP contribution in [-0.4, -0.2) is 46.5 Å². The van der Waals surface area contributed by atoms with Crippen molar-refractivity contribution in [1.82, 2.24) is 19.8 Å². The molecule has 0 aliphatic carbocycles. The van der Waals surface area contributed by atoms with E-state index in [2.05, 4.69) is 31.1 Å². The number of rotatable bonds is 2. The molecule has 1 aliphatic rings. The van der Waals surface area contributed by atoms with Crippen molar-refractivity contribution in [3.05, 3.63) is 18.2 Å². The van der Waals surface area contributed by atoms with Gasteiger partial charge in [-0.05, 0) is 0 Å². The highest BCUT2D eigenvalue weighted by molar-refractivity contribution is 5.76. The highest BCUT2D eigenvalue weighted by Gasteiger charge is 2.22. The Labute approximate surface area is 108 Å². The second-order valence-electron chi connectivity index (χ2n) is 5.79. The minimum atomic E-state index is 0.0141. The number of piperazine rings is 1. The van der Waals surface area contributed by atoms with Crippen LogP contribution in [-0.2, 0) is 16.8 Å². The number of aromatic nitrogens is 2. The Balaban J connectivity index is 2.05. The van der Waals surface area contributed by atoms with Gasteiger partial charge in [-0.3, -0.25) is 4.79 Å².